The number of rotatable bonds is 7. The molecular weight excluding hydrogens is 212 g/mol. The SMILES string of the molecule is CCN(CC)CCCNc1nc(C)cnc1C. The van der Waals surface area contributed by atoms with E-state index in [1.54, 1.807) is 6.20 Å². The van der Waals surface area contributed by atoms with Crippen LogP contribution >= 0.6 is 0 Å². The van der Waals surface area contributed by atoms with Gasteiger partial charge in [-0.25, -0.2) is 4.98 Å². The van der Waals surface area contributed by atoms with Crippen LogP contribution in [0.4, 0.5) is 5.82 Å². The summed E-state index contributed by atoms with van der Waals surface area (Å²) in [4.78, 5) is 11.2. The minimum Gasteiger partial charge on any atom is -0.369 e. The average molecular weight is 236 g/mol. The van der Waals surface area contributed by atoms with Crippen molar-refractivity contribution >= 4 is 5.82 Å². The van der Waals surface area contributed by atoms with Crippen molar-refractivity contribution in [3.05, 3.63) is 17.6 Å². The van der Waals surface area contributed by atoms with Crippen molar-refractivity contribution < 1.29 is 0 Å². The summed E-state index contributed by atoms with van der Waals surface area (Å²) in [5.74, 6) is 0.921. The fourth-order valence-electron chi connectivity index (χ4n) is 1.75. The van der Waals surface area contributed by atoms with Gasteiger partial charge in [0.15, 0.2) is 0 Å². The monoisotopic (exact) mass is 236 g/mol. The van der Waals surface area contributed by atoms with Crippen LogP contribution in [0.3, 0.4) is 0 Å². The Kier molecular flexibility index (Phi) is 5.91. The number of aryl methyl sites for hydroxylation is 2. The first-order valence-corrected chi connectivity index (χ1v) is 6.43. The smallest absolute Gasteiger partial charge is 0.147 e. The molecule has 4 nitrogen and oxygen atoms in total. The van der Waals surface area contributed by atoms with Crippen molar-refractivity contribution in [2.24, 2.45) is 0 Å². The Morgan fingerprint density at radius 1 is 1.24 bits per heavy atom. The van der Waals surface area contributed by atoms with Gasteiger partial charge in [0.1, 0.15) is 5.82 Å². The minimum absolute atomic E-state index is 0.921. The second kappa shape index (κ2) is 7.22. The summed E-state index contributed by atoms with van der Waals surface area (Å²) >= 11 is 0. The molecule has 0 unspecified atom stereocenters. The lowest BCUT2D eigenvalue weighted by molar-refractivity contribution is 0.303. The Morgan fingerprint density at radius 3 is 2.59 bits per heavy atom. The van der Waals surface area contributed by atoms with Crippen LogP contribution in [0, 0.1) is 13.8 Å². The van der Waals surface area contributed by atoms with Crippen LogP contribution in [-0.4, -0.2) is 41.0 Å². The van der Waals surface area contributed by atoms with Crippen molar-refractivity contribution in [1.82, 2.24) is 14.9 Å². The quantitative estimate of drug-likeness (QED) is 0.737. The summed E-state index contributed by atoms with van der Waals surface area (Å²) in [5.41, 5.74) is 1.93. The maximum Gasteiger partial charge on any atom is 0.147 e. The number of nitrogens with zero attached hydrogens (tertiary/aromatic N) is 3. The summed E-state index contributed by atoms with van der Waals surface area (Å²) in [6.07, 6.45) is 2.94. The number of hydrogen-bond donors (Lipinski definition) is 1. The van der Waals surface area contributed by atoms with Gasteiger partial charge in [0.05, 0.1) is 11.4 Å². The largest absolute Gasteiger partial charge is 0.369 e. The maximum absolute atomic E-state index is 4.44. The van der Waals surface area contributed by atoms with Crippen LogP contribution in [0.1, 0.15) is 31.7 Å². The predicted octanol–water partition coefficient (Wildman–Crippen LogP) is 2.24. The van der Waals surface area contributed by atoms with Gasteiger partial charge in [-0.2, -0.15) is 0 Å². The van der Waals surface area contributed by atoms with Gasteiger partial charge < -0.3 is 10.2 Å². The highest BCUT2D eigenvalue weighted by Gasteiger charge is 2.02. The van der Waals surface area contributed by atoms with Crippen molar-refractivity contribution in [2.45, 2.75) is 34.1 Å². The van der Waals surface area contributed by atoms with Gasteiger partial charge in [-0.1, -0.05) is 13.8 Å². The number of hydrogen-bond acceptors (Lipinski definition) is 4. The van der Waals surface area contributed by atoms with E-state index in [1.165, 1.54) is 0 Å². The van der Waals surface area contributed by atoms with E-state index in [0.29, 0.717) is 0 Å². The first-order chi connectivity index (χ1) is 8.17. The van der Waals surface area contributed by atoms with E-state index in [4.69, 9.17) is 0 Å². The summed E-state index contributed by atoms with van der Waals surface area (Å²) in [6.45, 7) is 12.7. The molecule has 96 valence electrons. The molecule has 0 saturated heterocycles. The lowest BCUT2D eigenvalue weighted by Gasteiger charge is -2.18. The predicted molar refractivity (Wildman–Crippen MR) is 72.4 cm³/mol. The molecule has 0 saturated carbocycles. The van der Waals surface area contributed by atoms with Crippen LogP contribution in [0.2, 0.25) is 0 Å². The molecule has 4 heteroatoms. The van der Waals surface area contributed by atoms with Gasteiger partial charge in [0, 0.05) is 12.7 Å². The van der Waals surface area contributed by atoms with Gasteiger partial charge in [-0.05, 0) is 39.9 Å². The van der Waals surface area contributed by atoms with Crippen molar-refractivity contribution in [2.75, 3.05) is 31.5 Å². The molecule has 0 radical (unpaired) electrons. The minimum atomic E-state index is 0.921. The fourth-order valence-corrected chi connectivity index (χ4v) is 1.75. The molecule has 0 atom stereocenters. The van der Waals surface area contributed by atoms with Crippen LogP contribution in [0.5, 0.6) is 0 Å². The molecule has 1 rings (SSSR count). The maximum atomic E-state index is 4.44. The highest BCUT2D eigenvalue weighted by Crippen LogP contribution is 2.08. The molecule has 0 aliphatic rings. The molecule has 1 N–H and O–H groups in total. The molecule has 0 fully saturated rings. The third-order valence-corrected chi connectivity index (χ3v) is 2.91. The van der Waals surface area contributed by atoms with Crippen LogP contribution in [0.15, 0.2) is 6.20 Å². The lowest BCUT2D eigenvalue weighted by Crippen LogP contribution is -2.25. The summed E-state index contributed by atoms with van der Waals surface area (Å²) in [6, 6.07) is 0. The fraction of sp³-hybridized carbons (Fsp3) is 0.692. The average Bonchev–Trinajstić information content (AvgIpc) is 2.33. The summed E-state index contributed by atoms with van der Waals surface area (Å²) < 4.78 is 0. The standard InChI is InChI=1S/C13H24N4/c1-5-17(6-2)9-7-8-14-13-12(4)15-10-11(3)16-13/h10H,5-9H2,1-4H3,(H,14,16). The van der Waals surface area contributed by atoms with Crippen molar-refractivity contribution in [3.8, 4) is 0 Å². The first-order valence-electron chi connectivity index (χ1n) is 6.43. The number of nitrogens with one attached hydrogen (secondary N) is 1. The van der Waals surface area contributed by atoms with E-state index in [9.17, 15) is 0 Å². The zero-order valence-electron chi connectivity index (χ0n) is 11.5. The highest BCUT2D eigenvalue weighted by molar-refractivity contribution is 5.39. The Hall–Kier alpha value is -1.16. The van der Waals surface area contributed by atoms with E-state index in [2.05, 4.69) is 34.0 Å². The van der Waals surface area contributed by atoms with E-state index in [-0.39, 0.29) is 0 Å². The molecule has 0 aliphatic heterocycles. The summed E-state index contributed by atoms with van der Waals surface area (Å²) in [7, 11) is 0. The second-order valence-electron chi connectivity index (χ2n) is 4.25. The zero-order chi connectivity index (χ0) is 12.7. The Morgan fingerprint density at radius 2 is 1.94 bits per heavy atom. The molecule has 17 heavy (non-hydrogen) atoms. The molecule has 0 spiro atoms. The molecule has 1 aromatic heterocycles. The Balaban J connectivity index is 2.33. The molecule has 0 aliphatic carbocycles. The zero-order valence-corrected chi connectivity index (χ0v) is 11.5. The molecule has 0 aromatic carbocycles. The topological polar surface area (TPSA) is 41.0 Å². The third kappa shape index (κ3) is 4.69. The highest BCUT2D eigenvalue weighted by atomic mass is 15.1. The molecule has 1 heterocycles. The van der Waals surface area contributed by atoms with E-state index in [1.807, 2.05) is 13.8 Å². The third-order valence-electron chi connectivity index (χ3n) is 2.91. The molecule has 0 amide bonds. The summed E-state index contributed by atoms with van der Waals surface area (Å²) in [5, 5.41) is 3.36. The Bertz CT molecular complexity index is 334. The van der Waals surface area contributed by atoms with E-state index >= 15 is 0 Å². The lowest BCUT2D eigenvalue weighted by atomic mass is 10.3. The van der Waals surface area contributed by atoms with E-state index in [0.717, 1.165) is 49.8 Å². The van der Waals surface area contributed by atoms with Gasteiger partial charge in [0.2, 0.25) is 0 Å². The second-order valence-corrected chi connectivity index (χ2v) is 4.25. The van der Waals surface area contributed by atoms with Gasteiger partial charge >= 0.3 is 0 Å². The van der Waals surface area contributed by atoms with Gasteiger partial charge in [0.25, 0.3) is 0 Å². The van der Waals surface area contributed by atoms with Crippen molar-refractivity contribution in [1.29, 1.82) is 0 Å². The molecule has 1 aromatic rings. The number of anilines is 1. The normalized spacial score (nSPS) is 10.9. The molecule has 0 bridgehead atoms. The Labute approximate surface area is 104 Å². The number of aromatic nitrogens is 2. The van der Waals surface area contributed by atoms with Crippen LogP contribution < -0.4 is 5.32 Å². The van der Waals surface area contributed by atoms with Crippen LogP contribution in [-0.2, 0) is 0 Å². The van der Waals surface area contributed by atoms with E-state index < -0.39 is 0 Å². The van der Waals surface area contributed by atoms with Gasteiger partial charge in [-0.15, -0.1) is 0 Å². The van der Waals surface area contributed by atoms with Gasteiger partial charge in [-0.3, -0.25) is 4.98 Å². The first kappa shape index (κ1) is 13.9. The molecular formula is C13H24N4. The van der Waals surface area contributed by atoms with Crippen LogP contribution in [0.25, 0.3) is 0 Å². The van der Waals surface area contributed by atoms with Crippen molar-refractivity contribution in [3.63, 3.8) is 0 Å².